The molecule has 1 N–H and O–H groups in total. The van der Waals surface area contributed by atoms with Crippen LogP contribution in [-0.2, 0) is 14.4 Å². The Morgan fingerprint density at radius 3 is 2.65 bits per heavy atom. The van der Waals surface area contributed by atoms with E-state index in [2.05, 4.69) is 10.5 Å². The number of nitrogens with zero attached hydrogens (tertiary/aromatic N) is 2. The molecular formula is C15H20ClN3O4. The van der Waals surface area contributed by atoms with Crippen molar-refractivity contribution in [1.82, 2.24) is 4.90 Å². The number of nitrogens with one attached hydrogen (secondary N) is 1. The summed E-state index contributed by atoms with van der Waals surface area (Å²) in [6, 6.07) is 4.83. The third-order valence-corrected chi connectivity index (χ3v) is 3.20. The number of hydrogen-bond acceptors (Lipinski definition) is 5. The van der Waals surface area contributed by atoms with E-state index in [4.69, 9.17) is 21.2 Å². The van der Waals surface area contributed by atoms with E-state index in [1.165, 1.54) is 7.11 Å². The van der Waals surface area contributed by atoms with Crippen molar-refractivity contribution in [3.8, 4) is 5.75 Å². The molecule has 1 aromatic rings. The van der Waals surface area contributed by atoms with Crippen molar-refractivity contribution in [3.63, 3.8) is 0 Å². The van der Waals surface area contributed by atoms with Gasteiger partial charge in [-0.3, -0.25) is 9.59 Å². The maximum atomic E-state index is 11.7. The van der Waals surface area contributed by atoms with Gasteiger partial charge in [0.25, 0.3) is 11.8 Å². The molecule has 0 aliphatic rings. The van der Waals surface area contributed by atoms with Gasteiger partial charge in [0, 0.05) is 18.1 Å². The van der Waals surface area contributed by atoms with Crippen LogP contribution in [0.25, 0.3) is 0 Å². The Morgan fingerprint density at radius 2 is 2.04 bits per heavy atom. The van der Waals surface area contributed by atoms with Crippen LogP contribution < -0.4 is 10.1 Å². The van der Waals surface area contributed by atoms with Crippen molar-refractivity contribution >= 4 is 35.3 Å². The quantitative estimate of drug-likeness (QED) is 0.580. The Kier molecular flexibility index (Phi) is 7.90. The van der Waals surface area contributed by atoms with Crippen molar-refractivity contribution in [2.75, 3.05) is 32.1 Å². The highest BCUT2D eigenvalue weighted by atomic mass is 35.5. The van der Waals surface area contributed by atoms with Crippen LogP contribution in [0.15, 0.2) is 23.4 Å². The third kappa shape index (κ3) is 6.15. The fourth-order valence-electron chi connectivity index (χ4n) is 1.79. The van der Waals surface area contributed by atoms with Crippen LogP contribution in [-0.4, -0.2) is 49.7 Å². The summed E-state index contributed by atoms with van der Waals surface area (Å²) in [5.41, 5.74) is 0.413. The van der Waals surface area contributed by atoms with Gasteiger partial charge in [-0.1, -0.05) is 16.8 Å². The van der Waals surface area contributed by atoms with Crippen LogP contribution >= 0.6 is 11.6 Å². The molecule has 0 aliphatic carbocycles. The summed E-state index contributed by atoms with van der Waals surface area (Å²) >= 11 is 5.87. The SMILES string of the molecule is CCN(CC)C(=O)CO/N=C\C(=O)Nc1cc(Cl)ccc1OC. The average molecular weight is 342 g/mol. The van der Waals surface area contributed by atoms with Crippen molar-refractivity contribution in [3.05, 3.63) is 23.2 Å². The third-order valence-electron chi connectivity index (χ3n) is 2.97. The highest BCUT2D eigenvalue weighted by Gasteiger charge is 2.10. The molecule has 23 heavy (non-hydrogen) atoms. The molecule has 7 nitrogen and oxygen atoms in total. The second-order valence-electron chi connectivity index (χ2n) is 4.41. The van der Waals surface area contributed by atoms with Crippen LogP contribution in [0, 0.1) is 0 Å². The maximum Gasteiger partial charge on any atom is 0.270 e. The molecule has 0 spiro atoms. The second-order valence-corrected chi connectivity index (χ2v) is 4.84. The Morgan fingerprint density at radius 1 is 1.35 bits per heavy atom. The minimum Gasteiger partial charge on any atom is -0.495 e. The number of benzene rings is 1. The highest BCUT2D eigenvalue weighted by Crippen LogP contribution is 2.27. The molecule has 0 radical (unpaired) electrons. The van der Waals surface area contributed by atoms with Crippen molar-refractivity contribution in [2.45, 2.75) is 13.8 Å². The lowest BCUT2D eigenvalue weighted by Gasteiger charge is -2.17. The first-order chi connectivity index (χ1) is 11.0. The number of hydrogen-bond donors (Lipinski definition) is 1. The summed E-state index contributed by atoms with van der Waals surface area (Å²) in [7, 11) is 1.48. The van der Waals surface area contributed by atoms with E-state index in [0.717, 1.165) is 6.21 Å². The fraction of sp³-hybridized carbons (Fsp3) is 0.400. The number of oxime groups is 1. The Bertz CT molecular complexity index is 574. The number of carbonyl (C=O) groups is 2. The molecule has 0 heterocycles. The van der Waals surface area contributed by atoms with Gasteiger partial charge in [-0.25, -0.2) is 0 Å². The van der Waals surface area contributed by atoms with Crippen LogP contribution in [0.2, 0.25) is 5.02 Å². The molecule has 0 unspecified atom stereocenters. The molecule has 0 bridgehead atoms. The topological polar surface area (TPSA) is 80.2 Å². The number of carbonyl (C=O) groups excluding carboxylic acids is 2. The van der Waals surface area contributed by atoms with Gasteiger partial charge in [-0.05, 0) is 32.0 Å². The Balaban J connectivity index is 2.51. The van der Waals surface area contributed by atoms with Gasteiger partial charge in [-0.15, -0.1) is 0 Å². The predicted molar refractivity (Wildman–Crippen MR) is 89.0 cm³/mol. The number of ether oxygens (including phenoxy) is 1. The van der Waals surface area contributed by atoms with E-state index >= 15 is 0 Å². The lowest BCUT2D eigenvalue weighted by molar-refractivity contribution is -0.135. The lowest BCUT2D eigenvalue weighted by atomic mass is 10.3. The number of halogens is 1. The smallest absolute Gasteiger partial charge is 0.270 e. The van der Waals surface area contributed by atoms with Crippen LogP contribution in [0.4, 0.5) is 5.69 Å². The number of anilines is 1. The van der Waals surface area contributed by atoms with Crippen molar-refractivity contribution in [1.29, 1.82) is 0 Å². The monoisotopic (exact) mass is 341 g/mol. The summed E-state index contributed by atoms with van der Waals surface area (Å²) in [6.07, 6.45) is 0.940. The standard InChI is InChI=1S/C15H20ClN3O4/c1-4-19(5-2)15(21)10-23-17-9-14(20)18-12-8-11(16)6-7-13(12)22-3/h6-9H,4-5,10H2,1-3H3,(H,18,20)/b17-9-. The molecule has 1 aromatic carbocycles. The predicted octanol–water partition coefficient (Wildman–Crippen LogP) is 2.16. The number of amides is 2. The van der Waals surface area contributed by atoms with E-state index < -0.39 is 5.91 Å². The van der Waals surface area contributed by atoms with Crippen LogP contribution in [0.3, 0.4) is 0 Å². The Hall–Kier alpha value is -2.28. The molecular weight excluding hydrogens is 322 g/mol. The summed E-state index contributed by atoms with van der Waals surface area (Å²) < 4.78 is 5.11. The minimum absolute atomic E-state index is 0.191. The molecule has 0 fully saturated rings. The summed E-state index contributed by atoms with van der Waals surface area (Å²) in [5.74, 6) is -0.251. The first kappa shape index (κ1) is 18.8. The zero-order valence-corrected chi connectivity index (χ0v) is 14.1. The van der Waals surface area contributed by atoms with Crippen LogP contribution in [0.5, 0.6) is 5.75 Å². The lowest BCUT2D eigenvalue weighted by Crippen LogP contribution is -2.33. The maximum absolute atomic E-state index is 11.7. The molecule has 8 heteroatoms. The van der Waals surface area contributed by atoms with Gasteiger partial charge in [0.1, 0.15) is 12.0 Å². The zero-order valence-electron chi connectivity index (χ0n) is 13.3. The second kappa shape index (κ2) is 9.68. The minimum atomic E-state index is -0.527. The molecule has 1 rings (SSSR count). The van der Waals surface area contributed by atoms with Gasteiger partial charge >= 0.3 is 0 Å². The van der Waals surface area contributed by atoms with E-state index in [-0.39, 0.29) is 12.5 Å². The van der Waals surface area contributed by atoms with Crippen molar-refractivity contribution in [2.24, 2.45) is 5.16 Å². The summed E-state index contributed by atoms with van der Waals surface area (Å²) in [6.45, 7) is 4.72. The van der Waals surface area contributed by atoms with Gasteiger partial charge in [0.2, 0.25) is 0 Å². The van der Waals surface area contributed by atoms with E-state index in [1.807, 2.05) is 13.8 Å². The van der Waals surface area contributed by atoms with Gasteiger partial charge in [0.05, 0.1) is 12.8 Å². The Labute approximate surface area is 140 Å². The van der Waals surface area contributed by atoms with Gasteiger partial charge in [0.15, 0.2) is 6.61 Å². The van der Waals surface area contributed by atoms with Gasteiger partial charge in [-0.2, -0.15) is 0 Å². The molecule has 0 atom stereocenters. The summed E-state index contributed by atoms with van der Waals surface area (Å²) in [5, 5.41) is 6.50. The largest absolute Gasteiger partial charge is 0.495 e. The first-order valence-corrected chi connectivity index (χ1v) is 7.47. The van der Waals surface area contributed by atoms with Gasteiger partial charge < -0.3 is 19.8 Å². The normalized spacial score (nSPS) is 10.4. The molecule has 126 valence electrons. The van der Waals surface area contributed by atoms with Crippen molar-refractivity contribution < 1.29 is 19.2 Å². The average Bonchev–Trinajstić information content (AvgIpc) is 2.53. The molecule has 0 saturated carbocycles. The van der Waals surface area contributed by atoms with E-state index in [1.54, 1.807) is 23.1 Å². The summed E-state index contributed by atoms with van der Waals surface area (Å²) in [4.78, 5) is 29.8. The highest BCUT2D eigenvalue weighted by molar-refractivity contribution is 6.33. The molecule has 0 aliphatic heterocycles. The molecule has 0 saturated heterocycles. The molecule has 2 amide bonds. The van der Waals surface area contributed by atoms with E-state index in [9.17, 15) is 9.59 Å². The first-order valence-electron chi connectivity index (χ1n) is 7.09. The molecule has 0 aromatic heterocycles. The van der Waals surface area contributed by atoms with Crippen LogP contribution in [0.1, 0.15) is 13.8 Å². The number of rotatable bonds is 8. The number of methoxy groups -OCH3 is 1. The number of likely N-dealkylation sites (N-methyl/N-ethyl adjacent to an activating group) is 1. The zero-order chi connectivity index (χ0) is 17.2. The fourth-order valence-corrected chi connectivity index (χ4v) is 1.96. The van der Waals surface area contributed by atoms with E-state index in [0.29, 0.717) is 29.5 Å².